The molecule has 0 saturated heterocycles. The molecule has 0 bridgehead atoms. The van der Waals surface area contributed by atoms with E-state index >= 15 is 0 Å². The largest absolute Gasteiger partial charge is 0.495 e. The zero-order valence-corrected chi connectivity index (χ0v) is 29.0. The molecular weight excluding hydrogens is 657 g/mol. The quantitative estimate of drug-likeness (QED) is 0.134. The molecule has 2 amide bonds. The predicted molar refractivity (Wildman–Crippen MR) is 188 cm³/mol. The topological polar surface area (TPSA) is 96.0 Å². The van der Waals surface area contributed by atoms with Crippen LogP contribution in [0.2, 0.25) is 10.0 Å². The fraction of sp³-hybridized carbons (Fsp3) is 0.278. The maximum absolute atomic E-state index is 14.7. The Kier molecular flexibility index (Phi) is 12.7. The summed E-state index contributed by atoms with van der Waals surface area (Å²) in [6.07, 6.45) is 1.79. The molecule has 4 aromatic rings. The van der Waals surface area contributed by atoms with E-state index in [1.165, 1.54) is 24.1 Å². The fourth-order valence-electron chi connectivity index (χ4n) is 5.14. The van der Waals surface area contributed by atoms with Crippen LogP contribution in [0, 0.1) is 6.92 Å². The van der Waals surface area contributed by atoms with Crippen molar-refractivity contribution < 1.29 is 22.7 Å². The summed E-state index contributed by atoms with van der Waals surface area (Å²) in [4.78, 5) is 30.0. The second-order valence-electron chi connectivity index (χ2n) is 11.1. The average Bonchev–Trinajstić information content (AvgIpc) is 3.07. The molecule has 4 rings (SSSR count). The molecule has 1 N–H and O–H groups in total. The average molecular weight is 697 g/mol. The molecule has 1 atom stereocenters. The minimum atomic E-state index is -4.29. The summed E-state index contributed by atoms with van der Waals surface area (Å²) in [7, 11) is -2.85. The van der Waals surface area contributed by atoms with Gasteiger partial charge in [-0.25, -0.2) is 8.42 Å². The first-order valence-corrected chi connectivity index (χ1v) is 17.5. The first-order valence-electron chi connectivity index (χ1n) is 15.3. The molecule has 1 unspecified atom stereocenters. The highest BCUT2D eigenvalue weighted by Gasteiger charge is 2.36. The molecule has 47 heavy (non-hydrogen) atoms. The van der Waals surface area contributed by atoms with Gasteiger partial charge in [0.2, 0.25) is 11.8 Å². The fourth-order valence-corrected chi connectivity index (χ4v) is 7.10. The number of amides is 2. The van der Waals surface area contributed by atoms with Crippen LogP contribution in [0.15, 0.2) is 102 Å². The van der Waals surface area contributed by atoms with Gasteiger partial charge in [-0.2, -0.15) is 0 Å². The van der Waals surface area contributed by atoms with Crippen LogP contribution in [-0.4, -0.2) is 51.4 Å². The standard InChI is InChI=1S/C36H39Cl2N3O5S/c1-4-5-21-39-36(43)33(23-27-13-8-6-9-14-27)40(24-29-30(37)17-12-18-31(29)38)35(42)25-41(32-22-26(2)19-20-34(32)46-3)47(44,45)28-15-10-7-11-16-28/h6-20,22,33H,4-5,21,23-25H2,1-3H3,(H,39,43). The van der Waals surface area contributed by atoms with Crippen molar-refractivity contribution in [1.82, 2.24) is 10.2 Å². The lowest BCUT2D eigenvalue weighted by molar-refractivity contribution is -0.140. The number of aryl methyl sites for hydroxylation is 1. The van der Waals surface area contributed by atoms with Gasteiger partial charge < -0.3 is 15.0 Å². The number of unbranched alkanes of at least 4 members (excludes halogenated alkanes) is 1. The number of ether oxygens (including phenoxy) is 1. The minimum absolute atomic E-state index is 0.00444. The van der Waals surface area contributed by atoms with E-state index in [-0.39, 0.29) is 35.2 Å². The Morgan fingerprint density at radius 1 is 0.894 bits per heavy atom. The van der Waals surface area contributed by atoms with E-state index in [4.69, 9.17) is 27.9 Å². The van der Waals surface area contributed by atoms with Crippen molar-refractivity contribution in [2.75, 3.05) is 24.5 Å². The summed E-state index contributed by atoms with van der Waals surface area (Å²) in [5.41, 5.74) is 2.21. The van der Waals surface area contributed by atoms with Crippen molar-refractivity contribution in [3.63, 3.8) is 0 Å². The van der Waals surface area contributed by atoms with E-state index in [1.54, 1.807) is 54.6 Å². The summed E-state index contributed by atoms with van der Waals surface area (Å²) in [5, 5.41) is 3.60. The van der Waals surface area contributed by atoms with Crippen molar-refractivity contribution in [3.8, 4) is 5.75 Å². The lowest BCUT2D eigenvalue weighted by Gasteiger charge is -2.34. The molecule has 0 spiro atoms. The summed E-state index contributed by atoms with van der Waals surface area (Å²) in [6, 6.07) is 26.3. The van der Waals surface area contributed by atoms with Crippen molar-refractivity contribution in [1.29, 1.82) is 0 Å². The minimum Gasteiger partial charge on any atom is -0.495 e. The van der Waals surface area contributed by atoms with Crippen molar-refractivity contribution in [3.05, 3.63) is 124 Å². The van der Waals surface area contributed by atoms with E-state index in [9.17, 15) is 18.0 Å². The Labute approximate surface area is 287 Å². The SMILES string of the molecule is CCCCNC(=O)C(Cc1ccccc1)N(Cc1c(Cl)cccc1Cl)C(=O)CN(c1cc(C)ccc1OC)S(=O)(=O)c1ccccc1. The number of hydrogen-bond acceptors (Lipinski definition) is 5. The summed E-state index contributed by atoms with van der Waals surface area (Å²) in [6.45, 7) is 3.49. The molecule has 0 fully saturated rings. The summed E-state index contributed by atoms with van der Waals surface area (Å²) < 4.78 is 35.2. The van der Waals surface area contributed by atoms with Gasteiger partial charge in [0, 0.05) is 35.1 Å². The molecule has 0 aliphatic heterocycles. The van der Waals surface area contributed by atoms with Gasteiger partial charge in [-0.1, -0.05) is 97.2 Å². The van der Waals surface area contributed by atoms with Gasteiger partial charge in [-0.3, -0.25) is 13.9 Å². The van der Waals surface area contributed by atoms with Gasteiger partial charge in [0.15, 0.2) is 0 Å². The van der Waals surface area contributed by atoms with Crippen LogP contribution in [0.3, 0.4) is 0 Å². The van der Waals surface area contributed by atoms with E-state index in [2.05, 4.69) is 5.32 Å². The first-order chi connectivity index (χ1) is 22.6. The van der Waals surface area contributed by atoms with Gasteiger partial charge in [0.25, 0.3) is 10.0 Å². The summed E-state index contributed by atoms with van der Waals surface area (Å²) in [5.74, 6) is -0.734. The number of rotatable bonds is 15. The normalized spacial score (nSPS) is 11.9. The van der Waals surface area contributed by atoms with Gasteiger partial charge in [0.05, 0.1) is 17.7 Å². The van der Waals surface area contributed by atoms with Crippen molar-refractivity contribution in [2.45, 2.75) is 50.6 Å². The molecule has 0 aliphatic carbocycles. The van der Waals surface area contributed by atoms with Crippen LogP contribution in [0.4, 0.5) is 5.69 Å². The third-order valence-corrected chi connectivity index (χ3v) is 10.2. The van der Waals surface area contributed by atoms with Crippen LogP contribution in [0.25, 0.3) is 0 Å². The molecule has 0 aromatic heterocycles. The number of carbonyl (C=O) groups excluding carboxylic acids is 2. The van der Waals surface area contributed by atoms with Gasteiger partial charge in [0.1, 0.15) is 18.3 Å². The number of carbonyl (C=O) groups is 2. The number of anilines is 1. The first kappa shape index (κ1) is 35.8. The van der Waals surface area contributed by atoms with Crippen LogP contribution >= 0.6 is 23.2 Å². The second kappa shape index (κ2) is 16.7. The number of hydrogen-bond donors (Lipinski definition) is 1. The molecule has 0 saturated carbocycles. The van der Waals surface area contributed by atoms with Gasteiger partial charge in [-0.15, -0.1) is 0 Å². The highest BCUT2D eigenvalue weighted by Crippen LogP contribution is 2.34. The molecule has 8 nitrogen and oxygen atoms in total. The van der Waals surface area contributed by atoms with E-state index in [1.807, 2.05) is 44.2 Å². The predicted octanol–water partition coefficient (Wildman–Crippen LogP) is 7.06. The molecule has 11 heteroatoms. The zero-order chi connectivity index (χ0) is 34.0. The van der Waals surface area contributed by atoms with Crippen molar-refractivity contribution >= 4 is 50.7 Å². The Balaban J connectivity index is 1.86. The molecule has 0 aliphatic rings. The maximum atomic E-state index is 14.7. The summed E-state index contributed by atoms with van der Waals surface area (Å²) >= 11 is 13.2. The van der Waals surface area contributed by atoms with Gasteiger partial charge in [-0.05, 0) is 60.9 Å². The second-order valence-corrected chi connectivity index (χ2v) is 13.7. The lowest BCUT2D eigenvalue weighted by Crippen LogP contribution is -2.53. The number of nitrogens with one attached hydrogen (secondary N) is 1. The third kappa shape index (κ3) is 9.06. The maximum Gasteiger partial charge on any atom is 0.264 e. The van der Waals surface area contributed by atoms with E-state index in [0.717, 1.165) is 28.3 Å². The smallest absolute Gasteiger partial charge is 0.264 e. The molecule has 0 radical (unpaired) electrons. The monoisotopic (exact) mass is 695 g/mol. The number of nitrogens with zero attached hydrogens (tertiary/aromatic N) is 2. The number of methoxy groups -OCH3 is 1. The van der Waals surface area contributed by atoms with Crippen LogP contribution < -0.4 is 14.4 Å². The third-order valence-electron chi connectivity index (χ3n) is 7.70. The van der Waals surface area contributed by atoms with E-state index in [0.29, 0.717) is 22.2 Å². The Bertz CT molecular complexity index is 1750. The number of sulfonamides is 1. The van der Waals surface area contributed by atoms with Gasteiger partial charge >= 0.3 is 0 Å². The number of halogens is 2. The van der Waals surface area contributed by atoms with Crippen LogP contribution in [0.1, 0.15) is 36.5 Å². The van der Waals surface area contributed by atoms with E-state index < -0.39 is 28.5 Å². The Morgan fingerprint density at radius 2 is 1.53 bits per heavy atom. The van der Waals surface area contributed by atoms with Crippen LogP contribution in [0.5, 0.6) is 5.75 Å². The molecular formula is C36H39Cl2N3O5S. The number of benzene rings is 4. The van der Waals surface area contributed by atoms with Crippen LogP contribution in [-0.2, 0) is 32.6 Å². The Morgan fingerprint density at radius 3 is 2.15 bits per heavy atom. The Hall–Kier alpha value is -4.05. The lowest BCUT2D eigenvalue weighted by atomic mass is 10.0. The highest BCUT2D eigenvalue weighted by atomic mass is 35.5. The zero-order valence-electron chi connectivity index (χ0n) is 26.7. The molecule has 0 heterocycles. The van der Waals surface area contributed by atoms with Crippen molar-refractivity contribution in [2.24, 2.45) is 0 Å². The molecule has 4 aromatic carbocycles. The highest BCUT2D eigenvalue weighted by molar-refractivity contribution is 7.92. The molecule has 248 valence electrons.